The zero-order valence-corrected chi connectivity index (χ0v) is 14.8. The molecule has 2 aromatic rings. The minimum absolute atomic E-state index is 0.460. The molecule has 1 heterocycles. The van der Waals surface area contributed by atoms with Crippen LogP contribution in [0.25, 0.3) is 0 Å². The van der Waals surface area contributed by atoms with Crippen molar-refractivity contribution in [3.63, 3.8) is 0 Å². The van der Waals surface area contributed by atoms with Gasteiger partial charge in [0.1, 0.15) is 5.60 Å². The molecule has 1 aromatic heterocycles. The Morgan fingerprint density at radius 1 is 1.26 bits per heavy atom. The number of anilines is 2. The fraction of sp³-hybridized carbons (Fsp3) is 0.412. The Labute approximate surface area is 141 Å². The maximum absolute atomic E-state index is 11.9. The average molecular weight is 333 g/mol. The fourth-order valence-corrected chi connectivity index (χ4v) is 2.74. The number of carbonyl (C=O) groups excluding carboxylic acids is 1. The number of ether oxygens (including phenoxy) is 1. The maximum Gasteiger partial charge on any atom is 0.412 e. The highest BCUT2D eigenvalue weighted by Gasteiger charge is 2.17. The molecule has 0 spiro atoms. The van der Waals surface area contributed by atoms with Crippen molar-refractivity contribution in [2.24, 2.45) is 0 Å². The summed E-state index contributed by atoms with van der Waals surface area (Å²) in [5.74, 6) is 0. The van der Waals surface area contributed by atoms with Crippen molar-refractivity contribution >= 4 is 28.8 Å². The van der Waals surface area contributed by atoms with Gasteiger partial charge in [0.2, 0.25) is 0 Å². The highest BCUT2D eigenvalue weighted by molar-refractivity contribution is 7.11. The van der Waals surface area contributed by atoms with Crippen molar-refractivity contribution < 1.29 is 9.53 Å². The minimum Gasteiger partial charge on any atom is -0.444 e. The van der Waals surface area contributed by atoms with E-state index in [0.717, 1.165) is 22.0 Å². The molecule has 0 unspecified atom stereocenters. The molecule has 2 N–H and O–H groups in total. The summed E-state index contributed by atoms with van der Waals surface area (Å²) < 4.78 is 5.29. The highest BCUT2D eigenvalue weighted by Crippen LogP contribution is 2.23. The molecule has 0 bridgehead atoms. The van der Waals surface area contributed by atoms with E-state index in [1.165, 1.54) is 0 Å². The third-order valence-corrected chi connectivity index (χ3v) is 4.06. The van der Waals surface area contributed by atoms with Gasteiger partial charge in [-0.2, -0.15) is 0 Å². The Bertz CT molecular complexity index is 662. The van der Waals surface area contributed by atoms with Crippen LogP contribution < -0.4 is 10.6 Å². The molecule has 0 saturated carbocycles. The monoisotopic (exact) mass is 333 g/mol. The zero-order chi connectivity index (χ0) is 16.9. The van der Waals surface area contributed by atoms with Crippen LogP contribution in [0.2, 0.25) is 0 Å². The van der Waals surface area contributed by atoms with E-state index in [0.29, 0.717) is 12.2 Å². The molecule has 0 aliphatic rings. The number of nitrogens with zero attached hydrogens (tertiary/aromatic N) is 1. The van der Waals surface area contributed by atoms with E-state index in [2.05, 4.69) is 22.5 Å². The largest absolute Gasteiger partial charge is 0.444 e. The minimum atomic E-state index is -0.522. The van der Waals surface area contributed by atoms with Crippen LogP contribution in [0.4, 0.5) is 16.2 Å². The van der Waals surface area contributed by atoms with E-state index in [1.807, 2.05) is 51.2 Å². The van der Waals surface area contributed by atoms with Crippen molar-refractivity contribution in [1.29, 1.82) is 0 Å². The topological polar surface area (TPSA) is 63.2 Å². The number of thiazole rings is 1. The molecule has 2 rings (SSSR count). The van der Waals surface area contributed by atoms with Crippen LogP contribution in [0.1, 0.15) is 37.6 Å². The number of carbonyl (C=O) groups is 1. The van der Waals surface area contributed by atoms with Crippen LogP contribution in [-0.2, 0) is 17.7 Å². The van der Waals surface area contributed by atoms with Crippen LogP contribution >= 0.6 is 11.3 Å². The van der Waals surface area contributed by atoms with E-state index >= 15 is 0 Å². The molecule has 124 valence electrons. The molecular weight excluding hydrogens is 310 g/mol. The molecule has 0 atom stereocenters. The molecule has 1 aromatic carbocycles. The molecule has 0 aliphatic heterocycles. The second-order valence-electron chi connectivity index (χ2n) is 6.10. The Balaban J connectivity index is 2.01. The van der Waals surface area contributed by atoms with E-state index in [4.69, 9.17) is 4.74 Å². The number of hydrogen-bond donors (Lipinski definition) is 2. The molecule has 1 amide bonds. The standard InChI is InChI=1S/C17H23N3O2S/c1-5-15-19-11-12(23-15)10-18-13-8-6-7-9-14(13)20-16(21)22-17(2,3)4/h6-9,11,18H,5,10H2,1-4H3,(H,20,21). The molecule has 23 heavy (non-hydrogen) atoms. The Morgan fingerprint density at radius 3 is 2.57 bits per heavy atom. The maximum atomic E-state index is 11.9. The van der Waals surface area contributed by atoms with Gasteiger partial charge in [0.15, 0.2) is 0 Å². The second kappa shape index (κ2) is 7.46. The van der Waals surface area contributed by atoms with Crippen molar-refractivity contribution in [2.45, 2.75) is 46.3 Å². The quantitative estimate of drug-likeness (QED) is 0.835. The molecular formula is C17H23N3O2S. The summed E-state index contributed by atoms with van der Waals surface area (Å²) >= 11 is 1.69. The number of amides is 1. The summed E-state index contributed by atoms with van der Waals surface area (Å²) in [4.78, 5) is 17.4. The molecule has 0 saturated heterocycles. The lowest BCUT2D eigenvalue weighted by Crippen LogP contribution is -2.27. The van der Waals surface area contributed by atoms with E-state index in [1.54, 1.807) is 11.3 Å². The SMILES string of the molecule is CCc1ncc(CNc2ccccc2NC(=O)OC(C)(C)C)s1. The predicted octanol–water partition coefficient (Wildman–Crippen LogP) is 4.66. The van der Waals surface area contributed by atoms with Gasteiger partial charge in [-0.25, -0.2) is 9.78 Å². The lowest BCUT2D eigenvalue weighted by Gasteiger charge is -2.20. The van der Waals surface area contributed by atoms with Gasteiger partial charge < -0.3 is 10.1 Å². The number of nitrogens with one attached hydrogen (secondary N) is 2. The molecule has 5 nitrogen and oxygen atoms in total. The number of aromatic nitrogens is 1. The first-order chi connectivity index (χ1) is 10.9. The molecule has 0 aliphatic carbocycles. The summed E-state index contributed by atoms with van der Waals surface area (Å²) in [6, 6.07) is 7.57. The van der Waals surface area contributed by atoms with Crippen LogP contribution in [0.15, 0.2) is 30.5 Å². The number of hydrogen-bond acceptors (Lipinski definition) is 5. The number of rotatable bonds is 5. The summed E-state index contributed by atoms with van der Waals surface area (Å²) in [7, 11) is 0. The first-order valence-corrected chi connectivity index (χ1v) is 8.45. The number of aryl methyl sites for hydroxylation is 1. The lowest BCUT2D eigenvalue weighted by molar-refractivity contribution is 0.0636. The van der Waals surface area contributed by atoms with Crippen LogP contribution in [-0.4, -0.2) is 16.7 Å². The summed E-state index contributed by atoms with van der Waals surface area (Å²) in [6.07, 6.45) is 2.37. The zero-order valence-electron chi connectivity index (χ0n) is 14.0. The van der Waals surface area contributed by atoms with E-state index in [9.17, 15) is 4.79 Å². The van der Waals surface area contributed by atoms with Crippen molar-refractivity contribution in [3.8, 4) is 0 Å². The first-order valence-electron chi connectivity index (χ1n) is 7.64. The highest BCUT2D eigenvalue weighted by atomic mass is 32.1. The molecule has 0 fully saturated rings. The molecule has 6 heteroatoms. The van der Waals surface area contributed by atoms with Crippen molar-refractivity contribution in [1.82, 2.24) is 4.98 Å². The molecule has 0 radical (unpaired) electrons. The Morgan fingerprint density at radius 2 is 1.96 bits per heavy atom. The average Bonchev–Trinajstić information content (AvgIpc) is 2.92. The van der Waals surface area contributed by atoms with Gasteiger partial charge in [-0.1, -0.05) is 19.1 Å². The van der Waals surface area contributed by atoms with Crippen molar-refractivity contribution in [2.75, 3.05) is 10.6 Å². The lowest BCUT2D eigenvalue weighted by atomic mass is 10.2. The van der Waals surface area contributed by atoms with E-state index in [-0.39, 0.29) is 0 Å². The van der Waals surface area contributed by atoms with Crippen molar-refractivity contribution in [3.05, 3.63) is 40.3 Å². The van der Waals surface area contributed by atoms with Crippen LogP contribution in [0.5, 0.6) is 0 Å². The van der Waals surface area contributed by atoms with Gasteiger partial charge >= 0.3 is 6.09 Å². The van der Waals surface area contributed by atoms with Gasteiger partial charge in [0, 0.05) is 11.1 Å². The second-order valence-corrected chi connectivity index (χ2v) is 7.30. The third-order valence-electron chi connectivity index (χ3n) is 2.92. The normalized spacial score (nSPS) is 11.1. The Kier molecular flexibility index (Phi) is 5.60. The Hall–Kier alpha value is -2.08. The van der Waals surface area contributed by atoms with Gasteiger partial charge in [-0.05, 0) is 39.3 Å². The number of para-hydroxylation sites is 2. The summed E-state index contributed by atoms with van der Waals surface area (Å²) in [5, 5.41) is 7.25. The van der Waals surface area contributed by atoms with Gasteiger partial charge in [0.25, 0.3) is 0 Å². The van der Waals surface area contributed by atoms with Crippen LogP contribution in [0.3, 0.4) is 0 Å². The van der Waals surface area contributed by atoms with Crippen LogP contribution in [0, 0.1) is 0 Å². The fourth-order valence-electron chi connectivity index (χ4n) is 1.94. The smallest absolute Gasteiger partial charge is 0.412 e. The summed E-state index contributed by atoms with van der Waals surface area (Å²) in [6.45, 7) is 8.28. The third kappa shape index (κ3) is 5.56. The first kappa shape index (κ1) is 17.3. The number of benzene rings is 1. The van der Waals surface area contributed by atoms with Gasteiger partial charge in [0.05, 0.1) is 22.9 Å². The van der Waals surface area contributed by atoms with Gasteiger partial charge in [-0.3, -0.25) is 5.32 Å². The van der Waals surface area contributed by atoms with E-state index < -0.39 is 11.7 Å². The van der Waals surface area contributed by atoms with Gasteiger partial charge in [-0.15, -0.1) is 11.3 Å². The summed E-state index contributed by atoms with van der Waals surface area (Å²) in [5.41, 5.74) is 1.03. The predicted molar refractivity (Wildman–Crippen MR) is 95.1 cm³/mol.